The van der Waals surface area contributed by atoms with Crippen molar-refractivity contribution in [3.05, 3.63) is 28.8 Å². The minimum atomic E-state index is -2.44. The molecule has 0 spiro atoms. The number of unbranched alkanes of at least 4 members (excludes halogenated alkanes) is 1. The highest BCUT2D eigenvalue weighted by Crippen LogP contribution is 2.46. The molecule has 0 aliphatic rings. The highest BCUT2D eigenvalue weighted by molar-refractivity contribution is 7.39. The lowest BCUT2D eigenvalue weighted by Crippen LogP contribution is -2.31. The van der Waals surface area contributed by atoms with Crippen LogP contribution in [0, 0.1) is 5.41 Å². The van der Waals surface area contributed by atoms with E-state index in [4.69, 9.17) is 14.7 Å². The number of hydrogen-bond donors (Lipinski definition) is 4. The normalized spacial score (nSPS) is 14.7. The summed E-state index contributed by atoms with van der Waals surface area (Å²) >= 11 is 0. The van der Waals surface area contributed by atoms with Crippen molar-refractivity contribution < 1.29 is 24.5 Å². The van der Waals surface area contributed by atoms with Gasteiger partial charge in [0.15, 0.2) is 6.29 Å². The van der Waals surface area contributed by atoms with Gasteiger partial charge in [-0.15, -0.1) is 0 Å². The largest absolute Gasteiger partial charge is 0.426 e. The summed E-state index contributed by atoms with van der Waals surface area (Å²) in [7, 11) is -2.44. The molecule has 4 N–H and O–H groups in total. The van der Waals surface area contributed by atoms with Gasteiger partial charge in [0.1, 0.15) is 5.75 Å². The minimum Gasteiger partial charge on any atom is -0.426 e. The van der Waals surface area contributed by atoms with Crippen LogP contribution in [-0.4, -0.2) is 26.3 Å². The summed E-state index contributed by atoms with van der Waals surface area (Å²) in [6.45, 7) is 25.3. The molecule has 1 aromatic carbocycles. The highest BCUT2D eigenvalue weighted by atomic mass is 31.2. The van der Waals surface area contributed by atoms with E-state index in [1.165, 1.54) is 5.56 Å². The maximum absolute atomic E-state index is 9.41. The first-order valence-corrected chi connectivity index (χ1v) is 13.3. The van der Waals surface area contributed by atoms with Gasteiger partial charge in [-0.25, -0.2) is 0 Å². The van der Waals surface area contributed by atoms with Crippen molar-refractivity contribution in [3.63, 3.8) is 0 Å². The lowest BCUT2D eigenvalue weighted by atomic mass is 9.75. The molecule has 1 unspecified atom stereocenters. The van der Waals surface area contributed by atoms with E-state index in [2.05, 4.69) is 81.4 Å². The van der Waals surface area contributed by atoms with E-state index in [0.717, 1.165) is 36.8 Å². The topological polar surface area (TPSA) is 90.2 Å². The summed E-state index contributed by atoms with van der Waals surface area (Å²) in [5.74, 6) is 0.615. The Morgan fingerprint density at radius 2 is 1.21 bits per heavy atom. The van der Waals surface area contributed by atoms with Gasteiger partial charge in [0.25, 0.3) is 0 Å². The van der Waals surface area contributed by atoms with Crippen molar-refractivity contribution in [2.75, 3.05) is 0 Å². The standard InChI is InChI=1S/C18H31O3P.C9H20O2/c1-16(2,3)12-10-13(17(4,5)6)15(21-22(19)20)14(11-12)18(7,8)9;1-4-6-7-9(3,5-2)8(10)11/h10-11,19-20H,1-9H3;8,10-11H,4-7H2,1-3H3. The molecule has 33 heavy (non-hydrogen) atoms. The van der Waals surface area contributed by atoms with Gasteiger partial charge in [0.05, 0.1) is 0 Å². The zero-order valence-corrected chi connectivity index (χ0v) is 24.1. The zero-order chi connectivity index (χ0) is 26.4. The molecule has 5 nitrogen and oxygen atoms in total. The quantitative estimate of drug-likeness (QED) is 0.244. The SMILES string of the molecule is CC(C)(C)c1cc(C(C)(C)C)c(OP(O)O)c(C(C)(C)C)c1.CCCCC(C)(CC)C(O)O. The van der Waals surface area contributed by atoms with Crippen LogP contribution in [0.5, 0.6) is 5.75 Å². The van der Waals surface area contributed by atoms with Crippen LogP contribution in [-0.2, 0) is 16.2 Å². The highest BCUT2D eigenvalue weighted by Gasteiger charge is 2.31. The van der Waals surface area contributed by atoms with Crippen molar-refractivity contribution in [1.29, 1.82) is 0 Å². The number of aliphatic hydroxyl groups is 2. The zero-order valence-electron chi connectivity index (χ0n) is 23.2. The fraction of sp³-hybridized carbons (Fsp3) is 0.778. The van der Waals surface area contributed by atoms with E-state index in [-0.39, 0.29) is 21.7 Å². The van der Waals surface area contributed by atoms with E-state index in [0.29, 0.717) is 5.75 Å². The fourth-order valence-corrected chi connectivity index (χ4v) is 3.79. The number of rotatable bonds is 7. The lowest BCUT2D eigenvalue weighted by molar-refractivity contribution is -0.133. The number of benzene rings is 1. The van der Waals surface area contributed by atoms with E-state index in [1.54, 1.807) is 0 Å². The molecule has 0 amide bonds. The van der Waals surface area contributed by atoms with E-state index < -0.39 is 14.9 Å². The third kappa shape index (κ3) is 10.2. The molecule has 0 aliphatic heterocycles. The van der Waals surface area contributed by atoms with E-state index >= 15 is 0 Å². The van der Waals surface area contributed by atoms with Crippen LogP contribution in [0.3, 0.4) is 0 Å². The molecule has 1 aromatic rings. The summed E-state index contributed by atoms with van der Waals surface area (Å²) in [4.78, 5) is 18.8. The van der Waals surface area contributed by atoms with E-state index in [1.807, 2.05) is 13.8 Å². The average molecular weight is 487 g/mol. The second kappa shape index (κ2) is 12.3. The Kier molecular flexibility index (Phi) is 12.0. The Morgan fingerprint density at radius 3 is 1.45 bits per heavy atom. The van der Waals surface area contributed by atoms with Gasteiger partial charge < -0.3 is 24.5 Å². The molecule has 0 radical (unpaired) electrons. The third-order valence-electron chi connectivity index (χ3n) is 6.28. The summed E-state index contributed by atoms with van der Waals surface area (Å²) in [6, 6.07) is 4.28. The first-order chi connectivity index (χ1) is 14.7. The number of aliphatic hydroxyl groups excluding tert-OH is 1. The molecule has 0 aliphatic carbocycles. The van der Waals surface area contributed by atoms with Gasteiger partial charge in [0.2, 0.25) is 0 Å². The van der Waals surface area contributed by atoms with Gasteiger partial charge in [-0.2, -0.15) is 0 Å². The van der Waals surface area contributed by atoms with Gasteiger partial charge >= 0.3 is 8.60 Å². The Labute approximate surface area is 204 Å². The smallest absolute Gasteiger partial charge is 0.391 e. The van der Waals surface area contributed by atoms with Gasteiger partial charge in [-0.3, -0.25) is 0 Å². The molecular formula is C27H51O5P. The average Bonchev–Trinajstić information content (AvgIpc) is 2.63. The molecule has 0 bridgehead atoms. The van der Waals surface area contributed by atoms with Crippen LogP contribution in [0.25, 0.3) is 0 Å². The Hall–Kier alpha value is -0.710. The van der Waals surface area contributed by atoms with Crippen molar-refractivity contribution in [1.82, 2.24) is 0 Å². The third-order valence-corrected chi connectivity index (χ3v) is 6.62. The monoisotopic (exact) mass is 486 g/mol. The molecule has 1 rings (SSSR count). The van der Waals surface area contributed by atoms with Crippen LogP contribution < -0.4 is 4.52 Å². The summed E-state index contributed by atoms with van der Waals surface area (Å²) in [6.07, 6.45) is 2.74. The van der Waals surface area contributed by atoms with E-state index in [9.17, 15) is 9.79 Å². The van der Waals surface area contributed by atoms with Crippen molar-refractivity contribution in [3.8, 4) is 5.75 Å². The van der Waals surface area contributed by atoms with Gasteiger partial charge in [-0.05, 0) is 34.7 Å². The molecule has 0 saturated carbocycles. The summed E-state index contributed by atoms with van der Waals surface area (Å²) in [5, 5.41) is 18.1. The summed E-state index contributed by atoms with van der Waals surface area (Å²) < 4.78 is 5.47. The molecule has 0 saturated heterocycles. The molecular weight excluding hydrogens is 435 g/mol. The van der Waals surface area contributed by atoms with Crippen LogP contribution in [0.1, 0.15) is 125 Å². The Morgan fingerprint density at radius 1 is 0.788 bits per heavy atom. The Bertz CT molecular complexity index is 688. The van der Waals surface area contributed by atoms with Crippen molar-refractivity contribution >= 4 is 8.60 Å². The first-order valence-electron chi connectivity index (χ1n) is 12.1. The minimum absolute atomic E-state index is 0.0156. The molecule has 0 fully saturated rings. The molecule has 0 aromatic heterocycles. The fourth-order valence-electron chi connectivity index (χ4n) is 3.43. The maximum atomic E-state index is 9.41. The summed E-state index contributed by atoms with van der Waals surface area (Å²) in [5.41, 5.74) is 2.68. The molecule has 0 heterocycles. The predicted octanol–water partition coefficient (Wildman–Crippen LogP) is 7.07. The predicted molar refractivity (Wildman–Crippen MR) is 141 cm³/mol. The molecule has 194 valence electrons. The van der Waals surface area contributed by atoms with Crippen LogP contribution in [0.15, 0.2) is 12.1 Å². The Balaban J connectivity index is 0.000000785. The maximum Gasteiger partial charge on any atom is 0.391 e. The number of hydrogen-bond acceptors (Lipinski definition) is 5. The van der Waals surface area contributed by atoms with Gasteiger partial charge in [0, 0.05) is 16.5 Å². The lowest BCUT2D eigenvalue weighted by Gasteiger charge is -2.32. The van der Waals surface area contributed by atoms with Gasteiger partial charge in [-0.1, -0.05) is 108 Å². The van der Waals surface area contributed by atoms with Crippen LogP contribution in [0.2, 0.25) is 0 Å². The van der Waals surface area contributed by atoms with Crippen LogP contribution in [0.4, 0.5) is 0 Å². The molecule has 1 atom stereocenters. The second-order valence-corrected chi connectivity index (χ2v) is 13.2. The second-order valence-electron chi connectivity index (χ2n) is 12.5. The van der Waals surface area contributed by atoms with Crippen molar-refractivity contribution in [2.45, 2.75) is 131 Å². The first kappa shape index (κ1) is 32.3. The van der Waals surface area contributed by atoms with Crippen LogP contribution >= 0.6 is 8.60 Å². The molecule has 6 heteroatoms. The van der Waals surface area contributed by atoms with Crippen molar-refractivity contribution in [2.24, 2.45) is 5.41 Å².